The lowest BCUT2D eigenvalue weighted by Gasteiger charge is -2.20. The number of fused-ring (bicyclic) bond motifs is 11. The van der Waals surface area contributed by atoms with Gasteiger partial charge in [-0.2, -0.15) is 0 Å². The van der Waals surface area contributed by atoms with E-state index in [9.17, 15) is 0 Å². The third kappa shape index (κ3) is 3.70. The molecule has 0 saturated carbocycles. The van der Waals surface area contributed by atoms with Gasteiger partial charge in [-0.1, -0.05) is 103 Å². The van der Waals surface area contributed by atoms with Crippen molar-refractivity contribution in [3.63, 3.8) is 0 Å². The SMILES string of the molecule is c1cc(-c2ccc3c4cccc5c4n(c3c2)-c2ccccc2O5)cc(-n2c3ccccc3c3cc(-n4c5ccccc5c5ccccc54)ccc32)c1. The van der Waals surface area contributed by atoms with Crippen LogP contribution in [0.5, 0.6) is 11.5 Å². The van der Waals surface area contributed by atoms with Crippen molar-refractivity contribution in [2.75, 3.05) is 0 Å². The minimum absolute atomic E-state index is 0.875. The third-order valence-corrected chi connectivity index (χ3v) is 11.0. The number of aromatic nitrogens is 3. The average molecular weight is 664 g/mol. The Bertz CT molecular complexity index is 3230. The zero-order valence-electron chi connectivity index (χ0n) is 28.0. The average Bonchev–Trinajstić information content (AvgIpc) is 3.84. The molecule has 4 heteroatoms. The second-order valence-corrected chi connectivity index (χ2v) is 13.8. The lowest BCUT2D eigenvalue weighted by molar-refractivity contribution is 0.476. The van der Waals surface area contributed by atoms with Crippen LogP contribution in [0.4, 0.5) is 0 Å². The number of benzene rings is 8. The molecule has 0 spiro atoms. The molecule has 0 fully saturated rings. The van der Waals surface area contributed by atoms with Gasteiger partial charge in [-0.05, 0) is 83.9 Å². The molecule has 0 bridgehead atoms. The van der Waals surface area contributed by atoms with Crippen molar-refractivity contribution < 1.29 is 4.74 Å². The van der Waals surface area contributed by atoms with Gasteiger partial charge in [-0.15, -0.1) is 0 Å². The number of ether oxygens (including phenoxy) is 1. The first-order chi connectivity index (χ1) is 25.8. The van der Waals surface area contributed by atoms with Crippen molar-refractivity contribution in [2.45, 2.75) is 0 Å². The van der Waals surface area contributed by atoms with Gasteiger partial charge in [0.05, 0.1) is 38.8 Å². The third-order valence-electron chi connectivity index (χ3n) is 11.0. The smallest absolute Gasteiger partial charge is 0.152 e. The molecule has 12 rings (SSSR count). The maximum absolute atomic E-state index is 6.36. The standard InChI is InChI=1S/C48H29N3O/c1-4-17-40-34(13-1)35-14-2-5-18-41(35)50(40)33-24-26-43-39(29-33)36-15-3-6-19-42(36)49(43)32-12-9-11-30(27-32)31-23-25-37-38-16-10-22-47-48(38)51(45(37)28-31)44-20-7-8-21-46(44)52-47/h1-29H. The van der Waals surface area contributed by atoms with Crippen molar-refractivity contribution in [1.82, 2.24) is 13.7 Å². The van der Waals surface area contributed by atoms with Crippen LogP contribution < -0.4 is 4.74 Å². The topological polar surface area (TPSA) is 24.0 Å². The highest BCUT2D eigenvalue weighted by molar-refractivity contribution is 6.14. The maximum Gasteiger partial charge on any atom is 0.152 e. The molecule has 52 heavy (non-hydrogen) atoms. The monoisotopic (exact) mass is 663 g/mol. The minimum Gasteiger partial charge on any atom is -0.453 e. The molecule has 242 valence electrons. The molecule has 0 saturated heterocycles. The van der Waals surface area contributed by atoms with Gasteiger partial charge in [0.15, 0.2) is 11.5 Å². The first kappa shape index (κ1) is 27.7. The second kappa shape index (κ2) is 10.3. The zero-order valence-corrected chi connectivity index (χ0v) is 28.0. The van der Waals surface area contributed by atoms with Crippen LogP contribution in [0.25, 0.3) is 93.6 Å². The number of rotatable bonds is 3. The Morgan fingerprint density at radius 1 is 0.308 bits per heavy atom. The van der Waals surface area contributed by atoms with Crippen LogP contribution in [0.1, 0.15) is 0 Å². The highest BCUT2D eigenvalue weighted by Gasteiger charge is 2.24. The minimum atomic E-state index is 0.875. The quantitative estimate of drug-likeness (QED) is 0.185. The molecule has 4 nitrogen and oxygen atoms in total. The number of hydrogen-bond donors (Lipinski definition) is 0. The molecule has 3 aromatic heterocycles. The Morgan fingerprint density at radius 2 is 0.865 bits per heavy atom. The van der Waals surface area contributed by atoms with Crippen LogP contribution in [0.2, 0.25) is 0 Å². The highest BCUT2D eigenvalue weighted by atomic mass is 16.5. The summed E-state index contributed by atoms with van der Waals surface area (Å²) in [5, 5.41) is 7.43. The molecular formula is C48H29N3O. The lowest BCUT2D eigenvalue weighted by Crippen LogP contribution is -2.03. The Morgan fingerprint density at radius 3 is 1.63 bits per heavy atom. The fourth-order valence-corrected chi connectivity index (χ4v) is 8.80. The first-order valence-corrected chi connectivity index (χ1v) is 17.8. The van der Waals surface area contributed by atoms with E-state index in [0.29, 0.717) is 0 Å². The molecule has 8 aromatic carbocycles. The summed E-state index contributed by atoms with van der Waals surface area (Å²) in [7, 11) is 0. The fourth-order valence-electron chi connectivity index (χ4n) is 8.80. The van der Waals surface area contributed by atoms with E-state index in [1.165, 1.54) is 71.0 Å². The van der Waals surface area contributed by atoms with Crippen LogP contribution in [-0.2, 0) is 0 Å². The Balaban J connectivity index is 1.05. The van der Waals surface area contributed by atoms with Gasteiger partial charge >= 0.3 is 0 Å². The summed E-state index contributed by atoms with van der Waals surface area (Å²) in [6, 6.07) is 63.6. The molecule has 0 atom stereocenters. The van der Waals surface area contributed by atoms with E-state index in [1.807, 2.05) is 12.1 Å². The highest BCUT2D eigenvalue weighted by Crippen LogP contribution is 2.46. The summed E-state index contributed by atoms with van der Waals surface area (Å²) in [6.07, 6.45) is 0. The van der Waals surface area contributed by atoms with E-state index >= 15 is 0 Å². The van der Waals surface area contributed by atoms with Gasteiger partial charge in [0.25, 0.3) is 0 Å². The van der Waals surface area contributed by atoms with Crippen LogP contribution in [0.15, 0.2) is 176 Å². The van der Waals surface area contributed by atoms with Gasteiger partial charge in [-0.25, -0.2) is 0 Å². The molecule has 1 aliphatic heterocycles. The van der Waals surface area contributed by atoms with Gasteiger partial charge in [0.2, 0.25) is 0 Å². The van der Waals surface area contributed by atoms with Gasteiger partial charge in [0, 0.05) is 43.7 Å². The lowest BCUT2D eigenvalue weighted by atomic mass is 10.0. The second-order valence-electron chi connectivity index (χ2n) is 13.8. The van der Waals surface area contributed by atoms with Crippen LogP contribution >= 0.6 is 0 Å². The van der Waals surface area contributed by atoms with E-state index in [1.54, 1.807) is 0 Å². The number of para-hydroxylation sites is 6. The number of hydrogen-bond acceptors (Lipinski definition) is 1. The molecule has 1 aliphatic rings. The Labute approximate surface area is 298 Å². The van der Waals surface area contributed by atoms with Gasteiger partial charge < -0.3 is 18.4 Å². The van der Waals surface area contributed by atoms with Crippen LogP contribution in [0, 0.1) is 0 Å². The molecular weight excluding hydrogens is 635 g/mol. The van der Waals surface area contributed by atoms with E-state index in [0.717, 1.165) is 34.1 Å². The van der Waals surface area contributed by atoms with Crippen molar-refractivity contribution in [2.24, 2.45) is 0 Å². The van der Waals surface area contributed by atoms with E-state index in [4.69, 9.17) is 4.74 Å². The summed E-state index contributed by atoms with van der Waals surface area (Å²) in [6.45, 7) is 0. The van der Waals surface area contributed by atoms with Crippen molar-refractivity contribution in [1.29, 1.82) is 0 Å². The molecule has 0 unspecified atom stereocenters. The molecule has 0 amide bonds. The Kier molecular flexibility index (Phi) is 5.47. The predicted molar refractivity (Wildman–Crippen MR) is 215 cm³/mol. The van der Waals surface area contributed by atoms with Crippen LogP contribution in [-0.4, -0.2) is 13.7 Å². The number of nitrogens with zero attached hydrogens (tertiary/aromatic N) is 3. The van der Waals surface area contributed by atoms with E-state index in [-0.39, 0.29) is 0 Å². The van der Waals surface area contributed by atoms with Crippen molar-refractivity contribution in [3.8, 4) is 39.7 Å². The molecule has 0 N–H and O–H groups in total. The van der Waals surface area contributed by atoms with Crippen LogP contribution in [0.3, 0.4) is 0 Å². The molecule has 0 radical (unpaired) electrons. The fraction of sp³-hybridized carbons (Fsp3) is 0. The van der Waals surface area contributed by atoms with Gasteiger partial charge in [0.1, 0.15) is 0 Å². The van der Waals surface area contributed by atoms with Crippen molar-refractivity contribution >= 4 is 65.4 Å². The summed E-state index contributed by atoms with van der Waals surface area (Å²) >= 11 is 0. The molecule has 4 heterocycles. The summed E-state index contributed by atoms with van der Waals surface area (Å²) in [4.78, 5) is 0. The van der Waals surface area contributed by atoms with Gasteiger partial charge in [-0.3, -0.25) is 0 Å². The summed E-state index contributed by atoms with van der Waals surface area (Å²) in [5.74, 6) is 1.77. The maximum atomic E-state index is 6.36. The predicted octanol–water partition coefficient (Wildman–Crippen LogP) is 12.8. The van der Waals surface area contributed by atoms with E-state index < -0.39 is 0 Å². The zero-order chi connectivity index (χ0) is 33.9. The first-order valence-electron chi connectivity index (χ1n) is 17.8. The Hall–Kier alpha value is -7.04. The summed E-state index contributed by atoms with van der Waals surface area (Å²) < 4.78 is 13.5. The van der Waals surface area contributed by atoms with Crippen molar-refractivity contribution in [3.05, 3.63) is 176 Å². The molecule has 11 aromatic rings. The normalized spacial score (nSPS) is 12.4. The largest absolute Gasteiger partial charge is 0.453 e. The summed E-state index contributed by atoms with van der Waals surface area (Å²) in [5.41, 5.74) is 12.8. The van der Waals surface area contributed by atoms with E-state index in [2.05, 4.69) is 177 Å². The molecule has 0 aliphatic carbocycles.